The van der Waals surface area contributed by atoms with Crippen molar-refractivity contribution in [1.82, 2.24) is 4.90 Å². The molecule has 0 atom stereocenters. The molecule has 6 rings (SSSR count). The summed E-state index contributed by atoms with van der Waals surface area (Å²) in [5.41, 5.74) is 1.40. The van der Waals surface area contributed by atoms with E-state index in [4.69, 9.17) is 4.74 Å². The van der Waals surface area contributed by atoms with Crippen LogP contribution in [0.25, 0.3) is 48.7 Å². The fraction of sp³-hybridized carbons (Fsp3) is 0.324. The highest BCUT2D eigenvalue weighted by Gasteiger charge is 2.35. The molecule has 1 aliphatic carbocycles. The molecule has 0 saturated heterocycles. The van der Waals surface area contributed by atoms with Gasteiger partial charge >= 0.3 is 0 Å². The lowest BCUT2D eigenvalue weighted by atomic mass is 9.81. The Hall–Kier alpha value is -4.51. The highest BCUT2D eigenvalue weighted by Crippen LogP contribution is 2.53. The van der Waals surface area contributed by atoms with E-state index in [-0.39, 0.29) is 73.6 Å². The predicted octanol–water partition coefficient (Wildman–Crippen LogP) is 3.58. The Labute approximate surface area is 252 Å². The van der Waals surface area contributed by atoms with Crippen LogP contribution in [0.3, 0.4) is 0 Å². The number of carbonyl (C=O) groups excluding carboxylic acids is 1. The Morgan fingerprint density at radius 2 is 1.45 bits per heavy atom. The third-order valence-electron chi connectivity index (χ3n) is 8.84. The van der Waals surface area contributed by atoms with Crippen molar-refractivity contribution in [3.8, 4) is 17.2 Å². The first-order chi connectivity index (χ1) is 21.0. The van der Waals surface area contributed by atoms with Crippen LogP contribution >= 0.6 is 0 Å². The average molecular weight is 599 g/mol. The Morgan fingerprint density at radius 1 is 0.886 bits per heavy atom. The summed E-state index contributed by atoms with van der Waals surface area (Å²) in [5.74, 6) is -1.14. The maximum Gasteiger partial charge on any atom is 0.232 e. The molecule has 5 aromatic carbocycles. The number of hydrogen-bond acceptors (Lipinski definition) is 10. The number of rotatable bonds is 9. The van der Waals surface area contributed by atoms with Crippen LogP contribution in [0.1, 0.15) is 42.5 Å². The van der Waals surface area contributed by atoms with Crippen LogP contribution in [0, 0.1) is 0 Å². The van der Waals surface area contributed by atoms with Gasteiger partial charge in [-0.25, -0.2) is 0 Å². The molecule has 0 saturated carbocycles. The molecule has 5 aromatic rings. The van der Waals surface area contributed by atoms with Gasteiger partial charge in [0.1, 0.15) is 11.5 Å². The van der Waals surface area contributed by atoms with Gasteiger partial charge in [0.05, 0.1) is 36.8 Å². The number of carbonyl (C=O) groups is 1. The lowest BCUT2D eigenvalue weighted by molar-refractivity contribution is -0.111. The third-order valence-corrected chi connectivity index (χ3v) is 8.84. The molecule has 44 heavy (non-hydrogen) atoms. The summed E-state index contributed by atoms with van der Waals surface area (Å²) < 4.78 is 5.68. The van der Waals surface area contributed by atoms with Crippen molar-refractivity contribution in [3.05, 3.63) is 60.4 Å². The molecule has 0 radical (unpaired) electrons. The number of aromatic hydroxyl groups is 2. The quantitative estimate of drug-likeness (QED) is 0.0965. The molecular formula is C34H34N2O8. The van der Waals surface area contributed by atoms with E-state index in [1.54, 1.807) is 6.92 Å². The summed E-state index contributed by atoms with van der Waals surface area (Å²) in [6.45, 7) is 3.35. The molecule has 5 N–H and O–H groups in total. The van der Waals surface area contributed by atoms with Gasteiger partial charge in [0.2, 0.25) is 10.9 Å². The zero-order valence-corrected chi connectivity index (χ0v) is 25.3. The number of Topliss-reactive ketones (excluding diaryl/α,β-unsaturated/α-hetero) is 1. The van der Waals surface area contributed by atoms with E-state index >= 15 is 0 Å². The molecule has 0 amide bonds. The Kier molecular flexibility index (Phi) is 7.11. The number of benzene rings is 5. The molecule has 10 heteroatoms. The fourth-order valence-corrected chi connectivity index (χ4v) is 7.20. The minimum atomic E-state index is -0.633. The first-order valence-electron chi connectivity index (χ1n) is 14.4. The number of anilines is 1. The number of nitrogens with zero attached hydrogens (tertiary/aromatic N) is 1. The molecule has 228 valence electrons. The topological polar surface area (TPSA) is 157 Å². The molecule has 0 unspecified atom stereocenters. The van der Waals surface area contributed by atoms with Crippen LogP contribution in [0.15, 0.2) is 27.3 Å². The number of aliphatic hydroxyl groups excluding tert-OH is 2. The van der Waals surface area contributed by atoms with Crippen molar-refractivity contribution >= 4 is 60.1 Å². The lowest BCUT2D eigenvalue weighted by Crippen LogP contribution is -2.20. The van der Waals surface area contributed by atoms with Crippen molar-refractivity contribution in [2.45, 2.75) is 39.9 Å². The van der Waals surface area contributed by atoms with Crippen molar-refractivity contribution in [1.29, 1.82) is 0 Å². The lowest BCUT2D eigenvalue weighted by Gasteiger charge is -2.24. The summed E-state index contributed by atoms with van der Waals surface area (Å²) in [6.07, 6.45) is 0.891. The van der Waals surface area contributed by atoms with Gasteiger partial charge in [-0.15, -0.1) is 0 Å². The standard InChI is InChI=1S/C34H34N2O8/c1-14-9-18-24-27-22(16(12-37)10-19(40)25(27)32(42)31(18)35-7-6-8-36(3)4)23-17(13-38)11-20(41)26-28(23)29(24)30(21(14)15(2)39)34(44-5)33(26)43/h10-11,35,37-38,40-41H,6-9,12-13H2,1-5H3. The minimum Gasteiger partial charge on any atom is -0.507 e. The van der Waals surface area contributed by atoms with Crippen molar-refractivity contribution < 1.29 is 30.0 Å². The molecule has 0 spiro atoms. The number of phenolic OH excluding ortho intramolecular Hbond substituents is 2. The SMILES string of the molecule is COc1c2c3c4c(c(NCCCN(C)C)c(=O)c5c(O)cc(CO)c(c6c(CO)cc(O)c(c1=O)c63)c54)CC(C)=C2C(C)=O. The van der Waals surface area contributed by atoms with Crippen molar-refractivity contribution in [3.63, 3.8) is 0 Å². The number of fused-ring (bicyclic) bond motifs is 1. The molecule has 0 heterocycles. The zero-order valence-electron chi connectivity index (χ0n) is 25.3. The molecule has 0 aromatic heterocycles. The molecule has 0 bridgehead atoms. The first-order valence-corrected chi connectivity index (χ1v) is 14.4. The molecule has 1 aliphatic rings. The van der Waals surface area contributed by atoms with Gasteiger partial charge in [0.15, 0.2) is 11.5 Å². The third kappa shape index (κ3) is 3.94. The second-order valence-electron chi connectivity index (χ2n) is 11.8. The summed E-state index contributed by atoms with van der Waals surface area (Å²) in [6, 6.07) is 2.62. The number of ketones is 1. The minimum absolute atomic E-state index is 0.0156. The second-order valence-corrected chi connectivity index (χ2v) is 11.8. The summed E-state index contributed by atoms with van der Waals surface area (Å²) in [5, 5.41) is 49.1. The fourth-order valence-electron chi connectivity index (χ4n) is 7.20. The number of aliphatic hydroxyl groups is 2. The molecule has 0 aliphatic heterocycles. The smallest absolute Gasteiger partial charge is 0.232 e. The summed E-state index contributed by atoms with van der Waals surface area (Å²) in [4.78, 5) is 43.8. The van der Waals surface area contributed by atoms with Gasteiger partial charge in [-0.2, -0.15) is 0 Å². The van der Waals surface area contributed by atoms with Gasteiger partial charge in [0.25, 0.3) is 0 Å². The first kappa shape index (κ1) is 29.6. The van der Waals surface area contributed by atoms with Gasteiger partial charge in [-0.3, -0.25) is 14.4 Å². The molecule has 0 fully saturated rings. The van der Waals surface area contributed by atoms with Crippen LogP contribution in [0.2, 0.25) is 0 Å². The van der Waals surface area contributed by atoms with E-state index in [0.29, 0.717) is 44.6 Å². The monoisotopic (exact) mass is 598 g/mol. The van der Waals surface area contributed by atoms with Gasteiger partial charge in [-0.05, 0) is 92.3 Å². The second kappa shape index (κ2) is 10.6. The van der Waals surface area contributed by atoms with E-state index in [1.165, 1.54) is 26.2 Å². The molecular weight excluding hydrogens is 564 g/mol. The van der Waals surface area contributed by atoms with E-state index in [1.807, 2.05) is 19.0 Å². The van der Waals surface area contributed by atoms with E-state index in [9.17, 15) is 34.8 Å². The Balaban J connectivity index is 2.01. The number of nitrogens with one attached hydrogen (secondary N) is 1. The normalized spacial score (nSPS) is 13.4. The molecule has 10 nitrogen and oxygen atoms in total. The van der Waals surface area contributed by atoms with Crippen LogP contribution in [-0.4, -0.2) is 65.4 Å². The average Bonchev–Trinajstić information content (AvgIpc) is 3.10. The van der Waals surface area contributed by atoms with E-state index in [2.05, 4.69) is 5.32 Å². The van der Waals surface area contributed by atoms with Gasteiger partial charge in [-0.1, -0.05) is 5.57 Å². The number of allylic oxidation sites excluding steroid dienone is 2. The highest BCUT2D eigenvalue weighted by atomic mass is 16.5. The predicted molar refractivity (Wildman–Crippen MR) is 172 cm³/mol. The zero-order chi connectivity index (χ0) is 31.8. The Morgan fingerprint density at radius 3 is 1.98 bits per heavy atom. The van der Waals surface area contributed by atoms with Crippen LogP contribution in [-0.2, 0) is 24.4 Å². The van der Waals surface area contributed by atoms with Crippen LogP contribution < -0.4 is 20.9 Å². The summed E-state index contributed by atoms with van der Waals surface area (Å²) in [7, 11) is 5.23. The number of methoxy groups -OCH3 is 1. The van der Waals surface area contributed by atoms with Gasteiger partial charge in [0, 0.05) is 33.8 Å². The van der Waals surface area contributed by atoms with Gasteiger partial charge < -0.3 is 35.4 Å². The number of hydrogen-bond donors (Lipinski definition) is 5. The van der Waals surface area contributed by atoms with Crippen LogP contribution in [0.4, 0.5) is 5.69 Å². The number of ether oxygens (including phenoxy) is 1. The Bertz CT molecular complexity index is 2190. The highest BCUT2D eigenvalue weighted by molar-refractivity contribution is 6.40. The van der Waals surface area contributed by atoms with Crippen molar-refractivity contribution in [2.24, 2.45) is 0 Å². The maximum atomic E-state index is 14.4. The largest absolute Gasteiger partial charge is 0.507 e. The van der Waals surface area contributed by atoms with Crippen LogP contribution in [0.5, 0.6) is 17.2 Å². The van der Waals surface area contributed by atoms with E-state index < -0.39 is 24.1 Å². The number of phenols is 2. The van der Waals surface area contributed by atoms with Crippen molar-refractivity contribution in [2.75, 3.05) is 39.6 Å². The maximum absolute atomic E-state index is 14.4. The summed E-state index contributed by atoms with van der Waals surface area (Å²) >= 11 is 0. The van der Waals surface area contributed by atoms with E-state index in [0.717, 1.165) is 13.0 Å².